The number of carbonyl (C=O) groups is 1. The lowest BCUT2D eigenvalue weighted by atomic mass is 9.99. The molecule has 7 nitrogen and oxygen atoms in total. The average molecular weight is 424 g/mol. The number of sulfonamides is 1. The topological polar surface area (TPSA) is 79.0 Å². The quantitative estimate of drug-likeness (QED) is 0.721. The highest BCUT2D eigenvalue weighted by atomic mass is 32.2. The van der Waals surface area contributed by atoms with Crippen molar-refractivity contribution in [3.8, 4) is 0 Å². The zero-order valence-corrected chi connectivity index (χ0v) is 18.3. The van der Waals surface area contributed by atoms with Crippen LogP contribution in [-0.2, 0) is 14.8 Å². The summed E-state index contributed by atoms with van der Waals surface area (Å²) in [7, 11) is -3.18. The summed E-state index contributed by atoms with van der Waals surface area (Å²) in [5.41, 5.74) is 1.73. The van der Waals surface area contributed by atoms with Gasteiger partial charge in [0, 0.05) is 57.0 Å². The van der Waals surface area contributed by atoms with E-state index in [1.165, 1.54) is 6.26 Å². The average Bonchev–Trinajstić information content (AvgIpc) is 2.71. The van der Waals surface area contributed by atoms with Crippen molar-refractivity contribution in [3.05, 3.63) is 35.4 Å². The van der Waals surface area contributed by atoms with E-state index in [0.717, 1.165) is 44.5 Å². The maximum Gasteiger partial charge on any atom is 0.251 e. The Bertz CT molecular complexity index is 793. The Hall–Kier alpha value is -1.48. The molecule has 2 aliphatic rings. The first kappa shape index (κ1) is 22.2. The van der Waals surface area contributed by atoms with Crippen molar-refractivity contribution in [3.63, 3.8) is 0 Å². The molecule has 8 heteroatoms. The van der Waals surface area contributed by atoms with E-state index < -0.39 is 10.0 Å². The summed E-state index contributed by atoms with van der Waals surface area (Å²) >= 11 is 0. The predicted octanol–water partition coefficient (Wildman–Crippen LogP) is 1.63. The van der Waals surface area contributed by atoms with Crippen LogP contribution in [-0.4, -0.2) is 81.3 Å². The van der Waals surface area contributed by atoms with Crippen molar-refractivity contribution in [2.45, 2.75) is 44.7 Å². The highest BCUT2D eigenvalue weighted by molar-refractivity contribution is 7.88. The van der Waals surface area contributed by atoms with Crippen molar-refractivity contribution >= 4 is 15.9 Å². The molecule has 1 atom stereocenters. The van der Waals surface area contributed by atoms with Gasteiger partial charge in [-0.05, 0) is 44.7 Å². The number of aryl methyl sites for hydroxylation is 1. The van der Waals surface area contributed by atoms with Crippen LogP contribution in [0.15, 0.2) is 24.3 Å². The van der Waals surface area contributed by atoms with Gasteiger partial charge in [0.1, 0.15) is 0 Å². The minimum Gasteiger partial charge on any atom is -0.381 e. The lowest BCUT2D eigenvalue weighted by Crippen LogP contribution is -2.55. The molecule has 0 radical (unpaired) electrons. The normalized spacial score (nSPS) is 22.0. The van der Waals surface area contributed by atoms with E-state index in [2.05, 4.69) is 10.2 Å². The molecule has 1 aromatic carbocycles. The van der Waals surface area contributed by atoms with Crippen LogP contribution < -0.4 is 5.32 Å². The van der Waals surface area contributed by atoms with Gasteiger partial charge in [0.25, 0.3) is 5.91 Å². The fraction of sp³-hybridized carbons (Fsp3) is 0.667. The van der Waals surface area contributed by atoms with Gasteiger partial charge >= 0.3 is 0 Å². The van der Waals surface area contributed by atoms with Crippen LogP contribution in [0.4, 0.5) is 0 Å². The monoisotopic (exact) mass is 423 g/mol. The van der Waals surface area contributed by atoms with Crippen LogP contribution in [0, 0.1) is 6.92 Å². The molecule has 1 amide bonds. The third-order valence-electron chi connectivity index (χ3n) is 5.89. The zero-order valence-electron chi connectivity index (χ0n) is 17.5. The molecule has 0 aliphatic carbocycles. The molecule has 162 valence electrons. The molecular weight excluding hydrogens is 390 g/mol. The molecule has 1 unspecified atom stereocenters. The molecule has 2 aliphatic heterocycles. The maximum absolute atomic E-state index is 12.5. The molecule has 0 spiro atoms. The molecule has 0 bridgehead atoms. The number of benzene rings is 1. The zero-order chi connectivity index (χ0) is 20.9. The number of piperidine rings is 1. The van der Waals surface area contributed by atoms with Crippen molar-refractivity contribution in [1.29, 1.82) is 0 Å². The van der Waals surface area contributed by atoms with Gasteiger partial charge in [0.2, 0.25) is 10.0 Å². The number of hydrogen-bond acceptors (Lipinski definition) is 5. The molecule has 0 saturated carbocycles. The number of hydrogen-bond donors (Lipinski definition) is 1. The summed E-state index contributed by atoms with van der Waals surface area (Å²) in [4.78, 5) is 14.9. The van der Waals surface area contributed by atoms with E-state index in [1.807, 2.05) is 31.2 Å². The number of rotatable bonds is 7. The van der Waals surface area contributed by atoms with Crippen LogP contribution in [0.1, 0.15) is 41.6 Å². The van der Waals surface area contributed by atoms with E-state index >= 15 is 0 Å². The van der Waals surface area contributed by atoms with Gasteiger partial charge in [-0.15, -0.1) is 0 Å². The van der Waals surface area contributed by atoms with Gasteiger partial charge in [-0.3, -0.25) is 9.69 Å². The second kappa shape index (κ2) is 10.0. The molecule has 1 N–H and O–H groups in total. The SMILES string of the molecule is Cc1cccc(C(=O)NCCN(C2CCOCC2)C2CCCN(S(C)(=O)=O)C2)c1. The smallest absolute Gasteiger partial charge is 0.251 e. The third-order valence-corrected chi connectivity index (χ3v) is 7.16. The fourth-order valence-electron chi connectivity index (χ4n) is 4.36. The predicted molar refractivity (Wildman–Crippen MR) is 113 cm³/mol. The largest absolute Gasteiger partial charge is 0.381 e. The van der Waals surface area contributed by atoms with Crippen LogP contribution >= 0.6 is 0 Å². The van der Waals surface area contributed by atoms with Crippen molar-refractivity contribution in [2.24, 2.45) is 0 Å². The second-order valence-electron chi connectivity index (χ2n) is 8.12. The lowest BCUT2D eigenvalue weighted by Gasteiger charge is -2.43. The van der Waals surface area contributed by atoms with Crippen molar-refractivity contribution in [1.82, 2.24) is 14.5 Å². The fourth-order valence-corrected chi connectivity index (χ4v) is 5.26. The highest BCUT2D eigenvalue weighted by Crippen LogP contribution is 2.24. The van der Waals surface area contributed by atoms with Crippen molar-refractivity contribution < 1.29 is 17.9 Å². The maximum atomic E-state index is 12.5. The standard InChI is InChI=1S/C21H33N3O4S/c1-17-5-3-6-18(15-17)21(25)22-10-12-24(19-8-13-28-14-9-19)20-7-4-11-23(16-20)29(2,26)27/h3,5-6,15,19-20H,4,7-14,16H2,1-2H3,(H,22,25). The summed E-state index contributed by atoms with van der Waals surface area (Å²) in [6, 6.07) is 8.11. The molecule has 2 fully saturated rings. The van der Waals surface area contributed by atoms with E-state index in [1.54, 1.807) is 4.31 Å². The second-order valence-corrected chi connectivity index (χ2v) is 10.1. The number of carbonyl (C=O) groups excluding carboxylic acids is 1. The first-order valence-corrected chi connectivity index (χ1v) is 12.3. The molecular formula is C21H33N3O4S. The molecule has 1 aromatic rings. The Balaban J connectivity index is 1.63. The minimum absolute atomic E-state index is 0.0676. The van der Waals surface area contributed by atoms with Crippen LogP contribution in [0.3, 0.4) is 0 Å². The molecule has 0 aromatic heterocycles. The summed E-state index contributed by atoms with van der Waals surface area (Å²) in [5, 5.41) is 3.03. The summed E-state index contributed by atoms with van der Waals surface area (Å²) in [6.07, 6.45) is 5.03. The Morgan fingerprint density at radius 2 is 2.00 bits per heavy atom. The lowest BCUT2D eigenvalue weighted by molar-refractivity contribution is 0.00673. The first-order chi connectivity index (χ1) is 13.8. The Labute approximate surface area is 174 Å². The van der Waals surface area contributed by atoms with E-state index in [-0.39, 0.29) is 11.9 Å². The van der Waals surface area contributed by atoms with Crippen LogP contribution in [0.25, 0.3) is 0 Å². The van der Waals surface area contributed by atoms with E-state index in [4.69, 9.17) is 4.74 Å². The molecule has 2 heterocycles. The summed E-state index contributed by atoms with van der Waals surface area (Å²) in [5.74, 6) is -0.0676. The van der Waals surface area contributed by atoms with Gasteiger partial charge < -0.3 is 10.1 Å². The van der Waals surface area contributed by atoms with E-state index in [0.29, 0.717) is 37.8 Å². The number of ether oxygens (including phenoxy) is 1. The third kappa shape index (κ3) is 6.25. The molecule has 3 rings (SSSR count). The van der Waals surface area contributed by atoms with Crippen molar-refractivity contribution in [2.75, 3.05) is 45.6 Å². The van der Waals surface area contributed by atoms with Crippen LogP contribution in [0.5, 0.6) is 0 Å². The summed E-state index contributed by atoms with van der Waals surface area (Å²) < 4.78 is 31.2. The van der Waals surface area contributed by atoms with Gasteiger partial charge in [-0.25, -0.2) is 12.7 Å². The number of amides is 1. The van der Waals surface area contributed by atoms with Gasteiger partial charge in [-0.2, -0.15) is 0 Å². The van der Waals surface area contributed by atoms with Crippen LogP contribution in [0.2, 0.25) is 0 Å². The minimum atomic E-state index is -3.18. The van der Waals surface area contributed by atoms with Gasteiger partial charge in [0.05, 0.1) is 6.26 Å². The summed E-state index contributed by atoms with van der Waals surface area (Å²) in [6.45, 7) is 5.83. The molecule has 2 saturated heterocycles. The van der Waals surface area contributed by atoms with Gasteiger partial charge in [0.15, 0.2) is 0 Å². The Morgan fingerprint density at radius 3 is 2.69 bits per heavy atom. The molecule has 29 heavy (non-hydrogen) atoms. The first-order valence-electron chi connectivity index (χ1n) is 10.5. The number of nitrogens with one attached hydrogen (secondary N) is 1. The Kier molecular flexibility index (Phi) is 7.67. The highest BCUT2D eigenvalue weighted by Gasteiger charge is 2.33. The Morgan fingerprint density at radius 1 is 1.24 bits per heavy atom. The number of nitrogens with zero attached hydrogens (tertiary/aromatic N) is 2. The van der Waals surface area contributed by atoms with E-state index in [9.17, 15) is 13.2 Å². The van der Waals surface area contributed by atoms with Gasteiger partial charge in [-0.1, -0.05) is 17.7 Å².